The second-order valence-electron chi connectivity index (χ2n) is 7.48. The molecule has 1 fully saturated rings. The fraction of sp³-hybridized carbons (Fsp3) is 0.348. The first-order chi connectivity index (χ1) is 14.9. The first-order valence-electron chi connectivity index (χ1n) is 10.1. The van der Waals surface area contributed by atoms with Crippen LogP contribution >= 0.6 is 11.8 Å². The highest BCUT2D eigenvalue weighted by Crippen LogP contribution is 2.33. The molecule has 2 aromatic carbocycles. The molecule has 0 radical (unpaired) electrons. The lowest BCUT2D eigenvalue weighted by Gasteiger charge is -2.26. The zero-order valence-corrected chi connectivity index (χ0v) is 17.8. The van der Waals surface area contributed by atoms with Gasteiger partial charge in [-0.1, -0.05) is 60.7 Å². The zero-order chi connectivity index (χ0) is 22.2. The van der Waals surface area contributed by atoms with Crippen LogP contribution in [0.15, 0.2) is 60.7 Å². The fourth-order valence-electron chi connectivity index (χ4n) is 3.62. The van der Waals surface area contributed by atoms with Gasteiger partial charge in [-0.25, -0.2) is 0 Å². The van der Waals surface area contributed by atoms with E-state index in [1.165, 1.54) is 16.7 Å². The van der Waals surface area contributed by atoms with Gasteiger partial charge in [0.15, 0.2) is 0 Å². The van der Waals surface area contributed by atoms with E-state index in [0.29, 0.717) is 18.6 Å². The minimum atomic E-state index is -1.09. The Bertz CT molecular complexity index is 893. The van der Waals surface area contributed by atoms with E-state index in [2.05, 4.69) is 5.32 Å². The van der Waals surface area contributed by atoms with E-state index < -0.39 is 30.6 Å². The minimum absolute atomic E-state index is 0.0797. The molecular weight excluding hydrogens is 416 g/mol. The summed E-state index contributed by atoms with van der Waals surface area (Å²) in [4.78, 5) is 37.6. The Balaban J connectivity index is 1.73. The minimum Gasteiger partial charge on any atom is -0.480 e. The van der Waals surface area contributed by atoms with Crippen molar-refractivity contribution < 1.29 is 24.6 Å². The summed E-state index contributed by atoms with van der Waals surface area (Å²) in [7, 11) is 0. The lowest BCUT2D eigenvalue weighted by atomic mass is 10.0. The SMILES string of the molecule is O=C(O)CN1C[C@@H](c2ccccc2)SC[C@H](N[C@@H](CCc2ccccc2)C(=O)O)C1=O. The van der Waals surface area contributed by atoms with Gasteiger partial charge in [-0.3, -0.25) is 19.7 Å². The van der Waals surface area contributed by atoms with Crippen molar-refractivity contribution in [2.45, 2.75) is 30.2 Å². The summed E-state index contributed by atoms with van der Waals surface area (Å²) in [6.07, 6.45) is 0.888. The molecule has 0 spiro atoms. The van der Waals surface area contributed by atoms with E-state index in [1.54, 1.807) is 0 Å². The Morgan fingerprint density at radius 2 is 1.71 bits per heavy atom. The van der Waals surface area contributed by atoms with Gasteiger partial charge in [-0.05, 0) is 24.0 Å². The van der Waals surface area contributed by atoms with Gasteiger partial charge in [0.25, 0.3) is 0 Å². The standard InChI is InChI=1S/C23H26N2O5S/c26-21(27)14-25-13-20(17-9-5-2-6-10-17)31-15-19(22(25)28)24-18(23(29)30)12-11-16-7-3-1-4-8-16/h1-10,18-20,24H,11-15H2,(H,26,27)(H,29,30)/t18-,19-,20-/m0/s1. The summed E-state index contributed by atoms with van der Waals surface area (Å²) in [6, 6.07) is 17.5. The van der Waals surface area contributed by atoms with Crippen LogP contribution in [0.4, 0.5) is 0 Å². The summed E-state index contributed by atoms with van der Waals surface area (Å²) in [5, 5.41) is 21.9. The summed E-state index contributed by atoms with van der Waals surface area (Å²) >= 11 is 1.54. The van der Waals surface area contributed by atoms with Crippen molar-refractivity contribution >= 4 is 29.6 Å². The third-order valence-corrected chi connectivity index (χ3v) is 6.57. The third kappa shape index (κ3) is 6.57. The molecule has 1 aliphatic rings. The van der Waals surface area contributed by atoms with E-state index in [4.69, 9.17) is 0 Å². The maximum Gasteiger partial charge on any atom is 0.323 e. The van der Waals surface area contributed by atoms with E-state index >= 15 is 0 Å². The van der Waals surface area contributed by atoms with Crippen molar-refractivity contribution in [3.63, 3.8) is 0 Å². The van der Waals surface area contributed by atoms with Gasteiger partial charge in [0.05, 0.1) is 6.04 Å². The van der Waals surface area contributed by atoms with Crippen molar-refractivity contribution in [1.29, 1.82) is 0 Å². The molecule has 3 atom stereocenters. The molecule has 1 amide bonds. The molecule has 2 aromatic rings. The number of hydrogen-bond donors (Lipinski definition) is 3. The monoisotopic (exact) mass is 442 g/mol. The number of nitrogens with one attached hydrogen (secondary N) is 1. The van der Waals surface area contributed by atoms with Crippen molar-refractivity contribution in [3.8, 4) is 0 Å². The topological polar surface area (TPSA) is 107 Å². The van der Waals surface area contributed by atoms with Crippen LogP contribution in [0.3, 0.4) is 0 Å². The summed E-state index contributed by atoms with van der Waals surface area (Å²) in [5.74, 6) is -2.13. The van der Waals surface area contributed by atoms with Gasteiger partial charge in [0.2, 0.25) is 5.91 Å². The van der Waals surface area contributed by atoms with Gasteiger partial charge in [0, 0.05) is 17.5 Å². The summed E-state index contributed by atoms with van der Waals surface area (Å²) < 4.78 is 0. The van der Waals surface area contributed by atoms with E-state index in [-0.39, 0.29) is 17.7 Å². The second-order valence-corrected chi connectivity index (χ2v) is 8.72. The van der Waals surface area contributed by atoms with Crippen molar-refractivity contribution in [2.75, 3.05) is 18.8 Å². The van der Waals surface area contributed by atoms with Crippen molar-refractivity contribution in [1.82, 2.24) is 10.2 Å². The molecule has 3 rings (SSSR count). The van der Waals surface area contributed by atoms with Crippen LogP contribution < -0.4 is 5.32 Å². The fourth-order valence-corrected chi connectivity index (χ4v) is 4.92. The van der Waals surface area contributed by atoms with Crippen molar-refractivity contribution in [3.05, 3.63) is 71.8 Å². The highest BCUT2D eigenvalue weighted by atomic mass is 32.2. The third-order valence-electron chi connectivity index (χ3n) is 5.22. The number of nitrogens with zero attached hydrogens (tertiary/aromatic N) is 1. The molecule has 3 N–H and O–H groups in total. The summed E-state index contributed by atoms with van der Waals surface area (Å²) in [5.41, 5.74) is 2.03. The molecule has 31 heavy (non-hydrogen) atoms. The Morgan fingerprint density at radius 3 is 2.32 bits per heavy atom. The molecule has 0 aromatic heterocycles. The van der Waals surface area contributed by atoms with Gasteiger partial charge in [-0.2, -0.15) is 0 Å². The van der Waals surface area contributed by atoms with Gasteiger partial charge in [-0.15, -0.1) is 11.8 Å². The Labute approximate surface area is 185 Å². The van der Waals surface area contributed by atoms with Crippen LogP contribution in [0.25, 0.3) is 0 Å². The van der Waals surface area contributed by atoms with Crippen molar-refractivity contribution in [2.24, 2.45) is 0 Å². The number of rotatable bonds is 9. The molecule has 0 saturated carbocycles. The number of aryl methyl sites for hydroxylation is 1. The Morgan fingerprint density at radius 1 is 1.06 bits per heavy atom. The number of benzene rings is 2. The van der Waals surface area contributed by atoms with E-state index in [9.17, 15) is 24.6 Å². The van der Waals surface area contributed by atoms with Gasteiger partial charge >= 0.3 is 11.9 Å². The number of amides is 1. The van der Waals surface area contributed by atoms with Crippen LogP contribution in [0, 0.1) is 0 Å². The molecule has 164 valence electrons. The molecule has 1 saturated heterocycles. The van der Waals surface area contributed by atoms with E-state index in [0.717, 1.165) is 11.1 Å². The number of thioether (sulfide) groups is 1. The van der Waals surface area contributed by atoms with Gasteiger partial charge < -0.3 is 15.1 Å². The molecular formula is C23H26N2O5S. The normalized spacial score (nSPS) is 20.1. The largest absolute Gasteiger partial charge is 0.480 e. The number of carbonyl (C=O) groups excluding carboxylic acids is 1. The first kappa shape index (κ1) is 22.8. The number of hydrogen-bond acceptors (Lipinski definition) is 5. The average Bonchev–Trinajstić information content (AvgIpc) is 2.91. The number of carboxylic acid groups (broad SMARTS) is 2. The number of carboxylic acids is 2. The molecule has 0 aliphatic carbocycles. The highest BCUT2D eigenvalue weighted by Gasteiger charge is 2.35. The maximum absolute atomic E-state index is 13.1. The lowest BCUT2D eigenvalue weighted by Crippen LogP contribution is -2.53. The molecule has 1 heterocycles. The Kier molecular flexibility index (Phi) is 8.08. The molecule has 1 aliphatic heterocycles. The Hall–Kier alpha value is -2.84. The number of carbonyl (C=O) groups is 3. The van der Waals surface area contributed by atoms with E-state index in [1.807, 2.05) is 60.7 Å². The van der Waals surface area contributed by atoms with Gasteiger partial charge in [0.1, 0.15) is 12.6 Å². The predicted octanol–water partition coefficient (Wildman–Crippen LogP) is 2.43. The summed E-state index contributed by atoms with van der Waals surface area (Å²) in [6.45, 7) is -0.150. The highest BCUT2D eigenvalue weighted by molar-refractivity contribution is 7.99. The van der Waals surface area contributed by atoms with Crippen LogP contribution in [0.1, 0.15) is 22.8 Å². The molecule has 7 nitrogen and oxygen atoms in total. The predicted molar refractivity (Wildman–Crippen MR) is 119 cm³/mol. The smallest absolute Gasteiger partial charge is 0.323 e. The average molecular weight is 443 g/mol. The first-order valence-corrected chi connectivity index (χ1v) is 11.2. The van der Waals surface area contributed by atoms with Crippen LogP contribution in [0.5, 0.6) is 0 Å². The molecule has 8 heteroatoms. The quantitative estimate of drug-likeness (QED) is 0.548. The number of aliphatic carboxylic acids is 2. The van der Waals surface area contributed by atoms with Crippen LogP contribution in [-0.4, -0.2) is 63.9 Å². The molecule has 0 bridgehead atoms. The molecule has 0 unspecified atom stereocenters. The zero-order valence-electron chi connectivity index (χ0n) is 17.0. The second kappa shape index (κ2) is 11.0. The maximum atomic E-state index is 13.1. The van der Waals surface area contributed by atoms with Crippen LogP contribution in [-0.2, 0) is 20.8 Å². The van der Waals surface area contributed by atoms with Crippen LogP contribution in [0.2, 0.25) is 0 Å². The lowest BCUT2D eigenvalue weighted by molar-refractivity contribution is -0.146.